The second-order valence-corrected chi connectivity index (χ2v) is 5.49. The van der Waals surface area contributed by atoms with Crippen molar-refractivity contribution >= 4 is 50.8 Å². The molecule has 8 heteroatoms. The molecule has 3 rings (SSSR count). The van der Waals surface area contributed by atoms with E-state index in [9.17, 15) is 4.79 Å². The van der Waals surface area contributed by atoms with Crippen LogP contribution in [0.3, 0.4) is 0 Å². The van der Waals surface area contributed by atoms with Crippen molar-refractivity contribution in [1.82, 2.24) is 15.0 Å². The highest BCUT2D eigenvalue weighted by molar-refractivity contribution is 7.17. The summed E-state index contributed by atoms with van der Waals surface area (Å²) in [6.45, 7) is 2.07. The van der Waals surface area contributed by atoms with Gasteiger partial charge in [0.25, 0.3) is 0 Å². The zero-order valence-electron chi connectivity index (χ0n) is 11.5. The van der Waals surface area contributed by atoms with Crippen molar-refractivity contribution in [1.29, 1.82) is 0 Å². The maximum absolute atomic E-state index is 12.0. The third kappa shape index (κ3) is 2.86. The van der Waals surface area contributed by atoms with Crippen LogP contribution in [0.1, 0.15) is 17.3 Å². The second kappa shape index (κ2) is 6.25. The molecule has 0 aliphatic heterocycles. The van der Waals surface area contributed by atoms with E-state index in [0.29, 0.717) is 39.2 Å². The number of aromatic nitrogens is 3. The topological polar surface area (TPSA) is 77.0 Å². The molecule has 0 saturated carbocycles. The normalized spacial score (nSPS) is 10.6. The molecule has 0 aliphatic carbocycles. The molecule has 0 spiro atoms. The number of rotatable bonds is 4. The van der Waals surface area contributed by atoms with Crippen LogP contribution in [0.15, 0.2) is 29.9 Å². The van der Waals surface area contributed by atoms with E-state index in [2.05, 4.69) is 20.3 Å². The van der Waals surface area contributed by atoms with Crippen LogP contribution in [0.2, 0.25) is 5.15 Å². The van der Waals surface area contributed by atoms with Crippen LogP contribution in [0, 0.1) is 0 Å². The number of fused-ring (bicyclic) bond motifs is 1. The lowest BCUT2D eigenvalue weighted by molar-refractivity contribution is 0.0529. The highest BCUT2D eigenvalue weighted by Gasteiger charge is 2.18. The monoisotopic (exact) mass is 334 g/mol. The van der Waals surface area contributed by atoms with Gasteiger partial charge in [0, 0.05) is 5.38 Å². The van der Waals surface area contributed by atoms with E-state index in [4.69, 9.17) is 16.3 Å². The lowest BCUT2D eigenvalue weighted by Gasteiger charge is -2.07. The van der Waals surface area contributed by atoms with Crippen molar-refractivity contribution in [3.05, 3.63) is 40.6 Å². The molecule has 0 saturated heterocycles. The SMILES string of the molecule is CCOC(=O)c1csc2ncnc(Nc3cccc(Cl)n3)c12. The number of hydrogen-bond acceptors (Lipinski definition) is 7. The van der Waals surface area contributed by atoms with Crippen LogP contribution < -0.4 is 5.32 Å². The first-order valence-electron chi connectivity index (χ1n) is 6.48. The summed E-state index contributed by atoms with van der Waals surface area (Å²) in [5.41, 5.74) is 0.437. The largest absolute Gasteiger partial charge is 0.462 e. The summed E-state index contributed by atoms with van der Waals surface area (Å²) in [5, 5.41) is 5.76. The lowest BCUT2D eigenvalue weighted by Crippen LogP contribution is -2.05. The first-order valence-corrected chi connectivity index (χ1v) is 7.73. The van der Waals surface area contributed by atoms with Crippen LogP contribution in [0.25, 0.3) is 10.2 Å². The van der Waals surface area contributed by atoms with Gasteiger partial charge in [0.2, 0.25) is 0 Å². The van der Waals surface area contributed by atoms with Gasteiger partial charge in [0.15, 0.2) is 0 Å². The van der Waals surface area contributed by atoms with Crippen molar-refractivity contribution in [2.24, 2.45) is 0 Å². The summed E-state index contributed by atoms with van der Waals surface area (Å²) in [7, 11) is 0. The predicted molar refractivity (Wildman–Crippen MR) is 85.9 cm³/mol. The molecule has 0 unspecified atom stereocenters. The quantitative estimate of drug-likeness (QED) is 0.579. The van der Waals surface area contributed by atoms with E-state index in [1.165, 1.54) is 17.7 Å². The van der Waals surface area contributed by atoms with Gasteiger partial charge in [0.1, 0.15) is 27.9 Å². The van der Waals surface area contributed by atoms with Gasteiger partial charge in [0.05, 0.1) is 17.6 Å². The summed E-state index contributed by atoms with van der Waals surface area (Å²) in [6.07, 6.45) is 1.43. The van der Waals surface area contributed by atoms with E-state index >= 15 is 0 Å². The Hall–Kier alpha value is -2.25. The zero-order valence-corrected chi connectivity index (χ0v) is 13.1. The molecule has 0 fully saturated rings. The maximum Gasteiger partial charge on any atom is 0.339 e. The van der Waals surface area contributed by atoms with Gasteiger partial charge >= 0.3 is 5.97 Å². The van der Waals surface area contributed by atoms with Gasteiger partial charge in [-0.1, -0.05) is 17.7 Å². The van der Waals surface area contributed by atoms with Crippen molar-refractivity contribution in [2.45, 2.75) is 6.92 Å². The number of carbonyl (C=O) groups is 1. The molecule has 3 aromatic heterocycles. The molecule has 0 atom stereocenters. The highest BCUT2D eigenvalue weighted by Crippen LogP contribution is 2.31. The van der Waals surface area contributed by atoms with Crippen LogP contribution >= 0.6 is 22.9 Å². The standard InChI is InChI=1S/C14H11ClN4O2S/c1-2-21-14(20)8-6-22-13-11(8)12(16-7-17-13)19-10-5-3-4-9(15)18-10/h3-7H,2H2,1H3,(H,16,17,18,19). The fraction of sp³-hybridized carbons (Fsp3) is 0.143. The molecule has 0 amide bonds. The fourth-order valence-corrected chi connectivity index (χ4v) is 2.97. The van der Waals surface area contributed by atoms with Gasteiger partial charge in [-0.25, -0.2) is 19.7 Å². The molecular formula is C14H11ClN4O2S. The first-order chi connectivity index (χ1) is 10.7. The van der Waals surface area contributed by atoms with Crippen molar-refractivity contribution in [3.63, 3.8) is 0 Å². The summed E-state index contributed by atoms with van der Waals surface area (Å²) >= 11 is 7.23. The number of ether oxygens (including phenoxy) is 1. The van der Waals surface area contributed by atoms with Crippen molar-refractivity contribution in [2.75, 3.05) is 11.9 Å². The van der Waals surface area contributed by atoms with Crippen LogP contribution in [0.5, 0.6) is 0 Å². The highest BCUT2D eigenvalue weighted by atomic mass is 35.5. The summed E-state index contributed by atoms with van der Waals surface area (Å²) in [6, 6.07) is 5.21. The summed E-state index contributed by atoms with van der Waals surface area (Å²) in [4.78, 5) is 25.3. The van der Waals surface area contributed by atoms with E-state index in [1.807, 2.05) is 0 Å². The Labute approximate surface area is 135 Å². The van der Waals surface area contributed by atoms with Crippen molar-refractivity contribution in [3.8, 4) is 0 Å². The van der Waals surface area contributed by atoms with E-state index in [-0.39, 0.29) is 0 Å². The molecule has 6 nitrogen and oxygen atoms in total. The van der Waals surface area contributed by atoms with E-state index in [1.54, 1.807) is 30.5 Å². The first kappa shape index (κ1) is 14.7. The Bertz CT molecular complexity index is 837. The number of anilines is 2. The molecule has 3 heterocycles. The average molecular weight is 335 g/mol. The van der Waals surface area contributed by atoms with Gasteiger partial charge in [-0.3, -0.25) is 0 Å². The third-order valence-electron chi connectivity index (χ3n) is 2.83. The number of nitrogens with zero attached hydrogens (tertiary/aromatic N) is 3. The Morgan fingerprint density at radius 1 is 1.41 bits per heavy atom. The smallest absolute Gasteiger partial charge is 0.339 e. The maximum atomic E-state index is 12.0. The number of esters is 1. The minimum Gasteiger partial charge on any atom is -0.462 e. The minimum absolute atomic E-state index is 0.308. The Morgan fingerprint density at radius 2 is 2.27 bits per heavy atom. The number of pyridine rings is 1. The Balaban J connectivity index is 2.05. The van der Waals surface area contributed by atoms with Gasteiger partial charge < -0.3 is 10.1 Å². The molecule has 1 N–H and O–H groups in total. The molecule has 0 aliphatic rings. The number of halogens is 1. The van der Waals surface area contributed by atoms with Crippen molar-refractivity contribution < 1.29 is 9.53 Å². The van der Waals surface area contributed by atoms with Crippen LogP contribution in [0.4, 0.5) is 11.6 Å². The minimum atomic E-state index is -0.398. The molecule has 0 aromatic carbocycles. The molecule has 3 aromatic rings. The van der Waals surface area contributed by atoms with E-state index < -0.39 is 5.97 Å². The molecule has 22 heavy (non-hydrogen) atoms. The second-order valence-electron chi connectivity index (χ2n) is 4.24. The zero-order chi connectivity index (χ0) is 15.5. The lowest BCUT2D eigenvalue weighted by atomic mass is 10.2. The van der Waals surface area contributed by atoms with E-state index in [0.717, 1.165) is 0 Å². The number of hydrogen-bond donors (Lipinski definition) is 1. The Morgan fingerprint density at radius 3 is 3.05 bits per heavy atom. The fourth-order valence-electron chi connectivity index (χ4n) is 1.93. The predicted octanol–water partition coefficient (Wildman–Crippen LogP) is 3.66. The molecular weight excluding hydrogens is 324 g/mol. The Kier molecular flexibility index (Phi) is 4.17. The van der Waals surface area contributed by atoms with Gasteiger partial charge in [-0.05, 0) is 19.1 Å². The van der Waals surface area contributed by atoms with Crippen LogP contribution in [-0.4, -0.2) is 27.5 Å². The van der Waals surface area contributed by atoms with Crippen LogP contribution in [-0.2, 0) is 4.74 Å². The average Bonchev–Trinajstić information content (AvgIpc) is 2.93. The summed E-state index contributed by atoms with van der Waals surface area (Å²) in [5.74, 6) is 0.628. The number of thiophene rings is 1. The van der Waals surface area contributed by atoms with Gasteiger partial charge in [-0.15, -0.1) is 11.3 Å². The third-order valence-corrected chi connectivity index (χ3v) is 3.92. The van der Waals surface area contributed by atoms with Gasteiger partial charge in [-0.2, -0.15) is 0 Å². The molecule has 112 valence electrons. The number of nitrogens with one attached hydrogen (secondary N) is 1. The summed E-state index contributed by atoms with van der Waals surface area (Å²) < 4.78 is 5.07. The number of carbonyl (C=O) groups excluding carboxylic acids is 1. The molecule has 0 bridgehead atoms. The molecule has 0 radical (unpaired) electrons.